The minimum absolute atomic E-state index is 0.0148. The molecule has 0 amide bonds. The van der Waals surface area contributed by atoms with Crippen molar-refractivity contribution in [1.82, 2.24) is 4.31 Å². The number of ether oxygens (including phenoxy) is 3. The first-order valence-electron chi connectivity index (χ1n) is 11.2. The van der Waals surface area contributed by atoms with Crippen molar-refractivity contribution >= 4 is 22.2 Å². The molecule has 2 aromatic carbocycles. The Balaban J connectivity index is 1.48. The molecule has 1 saturated heterocycles. The number of carbonyl (C=O) groups excluding carboxylic acids is 1. The Labute approximate surface area is 204 Å². The number of benzene rings is 2. The molecule has 9 nitrogen and oxygen atoms in total. The molecule has 0 saturated carbocycles. The van der Waals surface area contributed by atoms with E-state index in [1.54, 1.807) is 36.8 Å². The average Bonchev–Trinajstić information content (AvgIpc) is 3.39. The van der Waals surface area contributed by atoms with Gasteiger partial charge in [-0.15, -0.1) is 0 Å². The summed E-state index contributed by atoms with van der Waals surface area (Å²) in [5.41, 5.74) is 2.62. The zero-order chi connectivity index (χ0) is 24.8. The molecule has 0 atom stereocenters. The van der Waals surface area contributed by atoms with E-state index in [2.05, 4.69) is 9.64 Å². The Morgan fingerprint density at radius 3 is 2.34 bits per heavy atom. The summed E-state index contributed by atoms with van der Waals surface area (Å²) in [5.74, 6) is 1.16. The fourth-order valence-electron chi connectivity index (χ4n) is 3.87. The third kappa shape index (κ3) is 5.95. The SMILES string of the molecule is CC(C)Oc1ccc(S(=O)(=O)N2CCN(c3cc(OCOC=O)cc(-c4ccoc4)c3)CC2)cc1. The van der Waals surface area contributed by atoms with Gasteiger partial charge in [0.25, 0.3) is 6.47 Å². The van der Waals surface area contributed by atoms with Gasteiger partial charge >= 0.3 is 0 Å². The van der Waals surface area contributed by atoms with E-state index in [1.807, 2.05) is 38.1 Å². The highest BCUT2D eigenvalue weighted by molar-refractivity contribution is 7.89. The molecule has 4 rings (SSSR count). The zero-order valence-corrected chi connectivity index (χ0v) is 20.4. The van der Waals surface area contributed by atoms with Crippen LogP contribution >= 0.6 is 0 Å². The van der Waals surface area contributed by atoms with Gasteiger partial charge in [-0.2, -0.15) is 4.31 Å². The van der Waals surface area contributed by atoms with Gasteiger partial charge in [0.2, 0.25) is 16.8 Å². The maximum Gasteiger partial charge on any atom is 0.295 e. The molecule has 35 heavy (non-hydrogen) atoms. The van der Waals surface area contributed by atoms with Crippen molar-refractivity contribution in [2.24, 2.45) is 0 Å². The summed E-state index contributed by atoms with van der Waals surface area (Å²) in [6, 6.07) is 14.0. The van der Waals surface area contributed by atoms with Gasteiger partial charge in [0.05, 0.1) is 23.5 Å². The lowest BCUT2D eigenvalue weighted by Crippen LogP contribution is -2.48. The number of rotatable bonds is 10. The Kier molecular flexibility index (Phi) is 7.62. The molecule has 0 aliphatic carbocycles. The van der Waals surface area contributed by atoms with Gasteiger partial charge in [-0.1, -0.05) is 0 Å². The minimum atomic E-state index is -3.62. The summed E-state index contributed by atoms with van der Waals surface area (Å²) < 4.78 is 48.9. The van der Waals surface area contributed by atoms with Gasteiger partial charge in [-0.25, -0.2) is 8.42 Å². The molecule has 0 radical (unpaired) electrons. The predicted molar refractivity (Wildman–Crippen MR) is 130 cm³/mol. The molecule has 3 aromatic rings. The van der Waals surface area contributed by atoms with Crippen molar-refractivity contribution in [2.75, 3.05) is 37.9 Å². The van der Waals surface area contributed by atoms with Crippen LogP contribution in [0.5, 0.6) is 11.5 Å². The Hall–Kier alpha value is -3.50. The summed E-state index contributed by atoms with van der Waals surface area (Å²) in [5, 5.41) is 0. The maximum atomic E-state index is 13.2. The maximum absolute atomic E-state index is 13.2. The molecule has 0 unspecified atom stereocenters. The van der Waals surface area contributed by atoms with Crippen LogP contribution in [0.15, 0.2) is 70.4 Å². The molecule has 0 spiro atoms. The molecule has 1 aromatic heterocycles. The predicted octanol–water partition coefficient (Wildman–Crippen LogP) is 3.75. The zero-order valence-electron chi connectivity index (χ0n) is 19.6. The number of carbonyl (C=O) groups is 1. The summed E-state index contributed by atoms with van der Waals surface area (Å²) in [7, 11) is -3.62. The molecule has 2 heterocycles. The van der Waals surface area contributed by atoms with Crippen molar-refractivity contribution in [2.45, 2.75) is 24.8 Å². The van der Waals surface area contributed by atoms with Crippen LogP contribution in [0, 0.1) is 0 Å². The highest BCUT2D eigenvalue weighted by Gasteiger charge is 2.29. The molecule has 1 aliphatic heterocycles. The normalized spacial score (nSPS) is 14.7. The van der Waals surface area contributed by atoms with Crippen molar-refractivity contribution in [1.29, 1.82) is 0 Å². The number of hydrogen-bond donors (Lipinski definition) is 0. The Bertz CT molecular complexity index is 1220. The molecule has 0 N–H and O–H groups in total. The topological polar surface area (TPSA) is 98.5 Å². The van der Waals surface area contributed by atoms with E-state index in [-0.39, 0.29) is 17.8 Å². The van der Waals surface area contributed by atoms with E-state index in [0.717, 1.165) is 16.8 Å². The van der Waals surface area contributed by atoms with Crippen LogP contribution in [0.25, 0.3) is 11.1 Å². The van der Waals surface area contributed by atoms with Gasteiger partial charge in [0, 0.05) is 43.5 Å². The lowest BCUT2D eigenvalue weighted by molar-refractivity contribution is -0.134. The van der Waals surface area contributed by atoms with Gasteiger partial charge in [0.15, 0.2) is 0 Å². The van der Waals surface area contributed by atoms with E-state index in [1.165, 1.54) is 4.31 Å². The minimum Gasteiger partial charge on any atom is -0.491 e. The largest absolute Gasteiger partial charge is 0.491 e. The number of piperazine rings is 1. The van der Waals surface area contributed by atoms with Crippen LogP contribution < -0.4 is 14.4 Å². The first kappa shape index (κ1) is 24.6. The lowest BCUT2D eigenvalue weighted by Gasteiger charge is -2.35. The smallest absolute Gasteiger partial charge is 0.295 e. The fraction of sp³-hybridized carbons (Fsp3) is 0.320. The van der Waals surface area contributed by atoms with Crippen LogP contribution in [0.4, 0.5) is 5.69 Å². The molecular formula is C25H28N2O7S. The number of furan rings is 1. The molecule has 1 aliphatic rings. The molecule has 0 bridgehead atoms. The van der Waals surface area contributed by atoms with Crippen LogP contribution in [-0.2, 0) is 19.6 Å². The van der Waals surface area contributed by atoms with E-state index < -0.39 is 10.0 Å². The number of anilines is 1. The van der Waals surface area contributed by atoms with E-state index in [0.29, 0.717) is 44.2 Å². The standard InChI is InChI=1S/C25H28N2O7S/c1-19(2)34-23-3-5-25(6-4-23)35(29,30)27-10-8-26(9-11-27)22-13-21(20-7-12-31-16-20)14-24(15-22)33-18-32-17-28/h3-7,12-17,19H,8-11,18H2,1-2H3. The third-order valence-corrected chi connectivity index (χ3v) is 7.46. The number of nitrogens with zero attached hydrogens (tertiary/aromatic N) is 2. The van der Waals surface area contributed by atoms with Crippen LogP contribution in [-0.4, -0.2) is 58.3 Å². The Morgan fingerprint density at radius 1 is 0.971 bits per heavy atom. The lowest BCUT2D eigenvalue weighted by atomic mass is 10.1. The number of sulfonamides is 1. The summed E-state index contributed by atoms with van der Waals surface area (Å²) in [6.07, 6.45) is 3.23. The highest BCUT2D eigenvalue weighted by Crippen LogP contribution is 2.32. The van der Waals surface area contributed by atoms with E-state index in [4.69, 9.17) is 13.9 Å². The van der Waals surface area contributed by atoms with Gasteiger partial charge in [-0.3, -0.25) is 4.79 Å². The first-order chi connectivity index (χ1) is 16.9. The van der Waals surface area contributed by atoms with Gasteiger partial charge in [0.1, 0.15) is 11.5 Å². The van der Waals surface area contributed by atoms with Crippen molar-refractivity contribution in [3.8, 4) is 22.6 Å². The second-order valence-corrected chi connectivity index (χ2v) is 10.2. The van der Waals surface area contributed by atoms with Crippen LogP contribution in [0.2, 0.25) is 0 Å². The average molecular weight is 501 g/mol. The fourth-order valence-corrected chi connectivity index (χ4v) is 5.29. The first-order valence-corrected chi connectivity index (χ1v) is 12.7. The van der Waals surface area contributed by atoms with Gasteiger partial charge in [-0.05, 0) is 61.9 Å². The molecule has 10 heteroatoms. The van der Waals surface area contributed by atoms with E-state index >= 15 is 0 Å². The molecule has 186 valence electrons. The quantitative estimate of drug-likeness (QED) is 0.236. The third-order valence-electron chi connectivity index (χ3n) is 5.54. The van der Waals surface area contributed by atoms with Gasteiger partial charge < -0.3 is 23.5 Å². The monoisotopic (exact) mass is 500 g/mol. The number of hydrogen-bond acceptors (Lipinski definition) is 8. The van der Waals surface area contributed by atoms with Crippen molar-refractivity contribution < 1.29 is 31.8 Å². The van der Waals surface area contributed by atoms with E-state index in [9.17, 15) is 13.2 Å². The second kappa shape index (κ2) is 10.8. The van der Waals surface area contributed by atoms with Crippen LogP contribution in [0.1, 0.15) is 13.8 Å². The molecular weight excluding hydrogens is 472 g/mol. The molecule has 1 fully saturated rings. The van der Waals surface area contributed by atoms with Crippen molar-refractivity contribution in [3.63, 3.8) is 0 Å². The Morgan fingerprint density at radius 2 is 1.71 bits per heavy atom. The second-order valence-electron chi connectivity index (χ2n) is 8.28. The summed E-state index contributed by atoms with van der Waals surface area (Å²) in [6.45, 7) is 5.65. The highest BCUT2D eigenvalue weighted by atomic mass is 32.2. The summed E-state index contributed by atoms with van der Waals surface area (Å²) >= 11 is 0. The van der Waals surface area contributed by atoms with Crippen LogP contribution in [0.3, 0.4) is 0 Å². The van der Waals surface area contributed by atoms with Crippen molar-refractivity contribution in [3.05, 3.63) is 61.1 Å². The summed E-state index contributed by atoms with van der Waals surface area (Å²) in [4.78, 5) is 12.8.